The molecule has 3 N–H and O–H groups in total. The molecule has 6 nitrogen and oxygen atoms in total. The van der Waals surface area contributed by atoms with Crippen molar-refractivity contribution in [1.82, 2.24) is 10.4 Å². The average molecular weight is 450 g/mol. The van der Waals surface area contributed by atoms with Gasteiger partial charge < -0.3 is 10.2 Å². The number of carbonyl (C=O) groups is 1. The highest BCUT2D eigenvalue weighted by atomic mass is 32.2. The van der Waals surface area contributed by atoms with E-state index in [-0.39, 0.29) is 17.4 Å². The van der Waals surface area contributed by atoms with Crippen molar-refractivity contribution in [3.8, 4) is 11.5 Å². The molecule has 0 aliphatic heterocycles. The smallest absolute Gasteiger partial charge is 0.271 e. The normalized spacial score (nSPS) is 11.6. The topological polar surface area (TPSA) is 94.8 Å². The summed E-state index contributed by atoms with van der Waals surface area (Å²) >= 11 is 3.34. The first-order chi connectivity index (χ1) is 15.0. The molecule has 4 aromatic rings. The summed E-state index contributed by atoms with van der Waals surface area (Å²) in [5, 5.41) is 23.5. The number of carbonyl (C=O) groups excluding carboxylic acids is 1. The van der Waals surface area contributed by atoms with Gasteiger partial charge in [0.15, 0.2) is 4.34 Å². The second-order valence-corrected chi connectivity index (χ2v) is 9.03. The van der Waals surface area contributed by atoms with E-state index >= 15 is 0 Å². The van der Waals surface area contributed by atoms with Gasteiger partial charge in [-0.2, -0.15) is 5.10 Å². The van der Waals surface area contributed by atoms with Crippen LogP contribution in [0.25, 0.3) is 10.2 Å². The number of aromatic hydroxyl groups is 2. The summed E-state index contributed by atoms with van der Waals surface area (Å²) in [4.78, 5) is 17.0. The Labute approximate surface area is 187 Å². The molecule has 31 heavy (non-hydrogen) atoms. The van der Waals surface area contributed by atoms with Gasteiger partial charge in [-0.3, -0.25) is 4.79 Å². The molecule has 1 amide bonds. The van der Waals surface area contributed by atoms with Crippen molar-refractivity contribution in [2.24, 2.45) is 5.10 Å². The van der Waals surface area contributed by atoms with Gasteiger partial charge in [-0.05, 0) is 55.0 Å². The first-order valence-corrected chi connectivity index (χ1v) is 11.2. The van der Waals surface area contributed by atoms with Crippen LogP contribution in [0, 0.1) is 0 Å². The predicted octanol–water partition coefficient (Wildman–Crippen LogP) is 5.15. The molecule has 0 radical (unpaired) electrons. The second kappa shape index (κ2) is 9.20. The Morgan fingerprint density at radius 1 is 1.10 bits per heavy atom. The molecule has 3 aromatic carbocycles. The molecule has 0 saturated heterocycles. The highest BCUT2D eigenvalue weighted by Crippen LogP contribution is 2.31. The van der Waals surface area contributed by atoms with Crippen molar-refractivity contribution in [3.05, 3.63) is 83.4 Å². The van der Waals surface area contributed by atoms with Crippen molar-refractivity contribution in [2.75, 3.05) is 0 Å². The number of aromatic nitrogens is 1. The molecule has 4 rings (SSSR count). The zero-order valence-corrected chi connectivity index (χ0v) is 18.2. The number of rotatable bonds is 6. The Balaban J connectivity index is 1.37. The molecule has 0 saturated carbocycles. The minimum Gasteiger partial charge on any atom is -0.508 e. The number of thioether (sulfide) groups is 1. The number of hydrazone groups is 1. The first-order valence-electron chi connectivity index (χ1n) is 9.44. The predicted molar refractivity (Wildman–Crippen MR) is 125 cm³/mol. The van der Waals surface area contributed by atoms with E-state index in [0.29, 0.717) is 16.8 Å². The molecule has 0 atom stereocenters. The quantitative estimate of drug-likeness (QED) is 0.164. The van der Waals surface area contributed by atoms with Crippen LogP contribution >= 0.6 is 23.1 Å². The van der Waals surface area contributed by atoms with Gasteiger partial charge in [-0.1, -0.05) is 36.0 Å². The van der Waals surface area contributed by atoms with E-state index in [1.54, 1.807) is 42.2 Å². The zero-order chi connectivity index (χ0) is 21.8. The van der Waals surface area contributed by atoms with Gasteiger partial charge >= 0.3 is 0 Å². The summed E-state index contributed by atoms with van der Waals surface area (Å²) in [6.07, 6.45) is 0. The maximum Gasteiger partial charge on any atom is 0.271 e. The number of fused-ring (bicyclic) bond motifs is 1. The van der Waals surface area contributed by atoms with Gasteiger partial charge in [-0.25, -0.2) is 10.4 Å². The summed E-state index contributed by atoms with van der Waals surface area (Å²) in [5.74, 6) is 0.385. The van der Waals surface area contributed by atoms with Gasteiger partial charge in [0.1, 0.15) is 11.5 Å². The first kappa shape index (κ1) is 20.9. The maximum absolute atomic E-state index is 12.4. The number of para-hydroxylation sites is 1. The number of nitrogens with one attached hydrogen (secondary N) is 1. The minimum atomic E-state index is -0.357. The van der Waals surface area contributed by atoms with E-state index in [1.807, 2.05) is 30.3 Å². The van der Waals surface area contributed by atoms with Crippen molar-refractivity contribution in [2.45, 2.75) is 17.0 Å². The monoisotopic (exact) mass is 449 g/mol. The van der Waals surface area contributed by atoms with Gasteiger partial charge in [0.2, 0.25) is 0 Å². The lowest BCUT2D eigenvalue weighted by Crippen LogP contribution is -2.19. The van der Waals surface area contributed by atoms with Crippen molar-refractivity contribution >= 4 is 44.9 Å². The van der Waals surface area contributed by atoms with Crippen LogP contribution in [-0.2, 0) is 5.75 Å². The highest BCUT2D eigenvalue weighted by molar-refractivity contribution is 8.00. The van der Waals surface area contributed by atoms with Crippen LogP contribution in [0.1, 0.15) is 28.4 Å². The van der Waals surface area contributed by atoms with Crippen LogP contribution in [0.4, 0.5) is 0 Å². The van der Waals surface area contributed by atoms with Crippen molar-refractivity contribution < 1.29 is 15.0 Å². The van der Waals surface area contributed by atoms with Crippen molar-refractivity contribution in [3.63, 3.8) is 0 Å². The molecule has 0 aliphatic rings. The summed E-state index contributed by atoms with van der Waals surface area (Å²) < 4.78 is 2.19. The van der Waals surface area contributed by atoms with Crippen LogP contribution in [0.5, 0.6) is 11.5 Å². The number of thiazole rings is 1. The SMILES string of the molecule is C/C(=N\NC(=O)c1ccc(CSc2nc3ccccc3s2)cc1)c1cc(O)ccc1O. The van der Waals surface area contributed by atoms with Crippen LogP contribution in [0.3, 0.4) is 0 Å². The fraction of sp³-hybridized carbons (Fsp3) is 0.0870. The molecule has 156 valence electrons. The number of nitrogens with zero attached hydrogens (tertiary/aromatic N) is 2. The van der Waals surface area contributed by atoms with E-state index in [2.05, 4.69) is 21.6 Å². The molecule has 1 heterocycles. The molecule has 0 unspecified atom stereocenters. The van der Waals surface area contributed by atoms with Crippen LogP contribution in [-0.4, -0.2) is 26.8 Å². The number of phenols is 2. The maximum atomic E-state index is 12.4. The third-order valence-corrected chi connectivity index (χ3v) is 6.80. The number of benzene rings is 3. The van der Waals surface area contributed by atoms with Gasteiger partial charge in [-0.15, -0.1) is 11.3 Å². The summed E-state index contributed by atoms with van der Waals surface area (Å²) in [6, 6.07) is 19.5. The molecule has 8 heteroatoms. The average Bonchev–Trinajstić information content (AvgIpc) is 3.21. The molecule has 0 aliphatic carbocycles. The largest absolute Gasteiger partial charge is 0.508 e. The summed E-state index contributed by atoms with van der Waals surface area (Å²) in [7, 11) is 0. The Bertz CT molecular complexity index is 1230. The second-order valence-electron chi connectivity index (χ2n) is 6.77. The molecule has 0 spiro atoms. The molecular formula is C23H19N3O3S2. The number of phenolic OH excluding ortho intramolecular Hbond substituents is 2. The van der Waals surface area contributed by atoms with Gasteiger partial charge in [0, 0.05) is 16.9 Å². The Kier molecular flexibility index (Phi) is 6.20. The van der Waals surface area contributed by atoms with Crippen molar-refractivity contribution in [1.29, 1.82) is 0 Å². The third-order valence-electron chi connectivity index (χ3n) is 4.55. The van der Waals surface area contributed by atoms with E-state index in [4.69, 9.17) is 0 Å². The van der Waals surface area contributed by atoms with E-state index in [0.717, 1.165) is 21.2 Å². The van der Waals surface area contributed by atoms with E-state index in [9.17, 15) is 15.0 Å². The Morgan fingerprint density at radius 3 is 2.65 bits per heavy atom. The summed E-state index contributed by atoms with van der Waals surface area (Å²) in [6.45, 7) is 1.64. The van der Waals surface area contributed by atoms with Crippen LogP contribution < -0.4 is 5.43 Å². The fourth-order valence-corrected chi connectivity index (χ4v) is 4.91. The molecular weight excluding hydrogens is 430 g/mol. The lowest BCUT2D eigenvalue weighted by Gasteiger charge is -2.06. The molecule has 0 fully saturated rings. The van der Waals surface area contributed by atoms with Crippen LogP contribution in [0.15, 0.2) is 76.2 Å². The van der Waals surface area contributed by atoms with E-state index < -0.39 is 0 Å². The van der Waals surface area contributed by atoms with Crippen LogP contribution in [0.2, 0.25) is 0 Å². The standard InChI is InChI=1S/C23H19N3O3S2/c1-14(18-12-17(27)10-11-20(18)28)25-26-22(29)16-8-6-15(7-9-16)13-30-23-24-19-4-2-3-5-21(19)31-23/h2-12,27-28H,13H2,1H3,(H,26,29)/b25-14+. The fourth-order valence-electron chi connectivity index (χ4n) is 2.88. The van der Waals surface area contributed by atoms with Gasteiger partial charge in [0.05, 0.1) is 15.9 Å². The molecule has 0 bridgehead atoms. The number of hydrogen-bond donors (Lipinski definition) is 3. The minimum absolute atomic E-state index is 0.00739. The Hall–Kier alpha value is -3.36. The Morgan fingerprint density at radius 2 is 1.87 bits per heavy atom. The van der Waals surface area contributed by atoms with Gasteiger partial charge in [0.25, 0.3) is 5.91 Å². The highest BCUT2D eigenvalue weighted by Gasteiger charge is 2.09. The summed E-state index contributed by atoms with van der Waals surface area (Å²) in [5.41, 5.74) is 5.78. The third kappa shape index (κ3) is 5.04. The lowest BCUT2D eigenvalue weighted by atomic mass is 10.1. The zero-order valence-electron chi connectivity index (χ0n) is 16.6. The molecule has 1 aromatic heterocycles. The number of hydrogen-bond acceptors (Lipinski definition) is 7. The van der Waals surface area contributed by atoms with E-state index in [1.165, 1.54) is 22.9 Å². The number of amides is 1. The lowest BCUT2D eigenvalue weighted by molar-refractivity contribution is 0.0955.